The van der Waals surface area contributed by atoms with Crippen molar-refractivity contribution in [3.8, 4) is 28.7 Å². The van der Waals surface area contributed by atoms with Gasteiger partial charge in [-0.15, -0.1) is 0 Å². The quantitative estimate of drug-likeness (QED) is 0.108. The largest absolute Gasteiger partial charge is 0.496 e. The normalized spacial score (nSPS) is 12.4. The van der Waals surface area contributed by atoms with Crippen molar-refractivity contribution >= 4 is 12.0 Å². The first-order valence-corrected chi connectivity index (χ1v) is 13.9. The molecule has 218 valence electrons. The number of carboxylic acids is 1. The van der Waals surface area contributed by atoms with Gasteiger partial charge >= 0.3 is 5.97 Å². The zero-order valence-electron chi connectivity index (χ0n) is 23.7. The zero-order valence-corrected chi connectivity index (χ0v) is 23.7. The molecule has 0 aliphatic carbocycles. The number of hydrogen-bond donors (Lipinski definition) is 1. The summed E-state index contributed by atoms with van der Waals surface area (Å²) in [6.07, 6.45) is 6.23. The molecule has 0 unspecified atom stereocenters. The van der Waals surface area contributed by atoms with Crippen LogP contribution in [-0.2, 0) is 29.0 Å². The molecule has 9 heteroatoms. The van der Waals surface area contributed by atoms with Crippen LogP contribution in [0.4, 0.5) is 0 Å². The molecule has 1 aromatic heterocycles. The summed E-state index contributed by atoms with van der Waals surface area (Å²) in [6.45, 7) is 2.84. The lowest BCUT2D eigenvalue weighted by Crippen LogP contribution is -2.08. The standard InChI is InChI=1S/C33H34N2O7/c1-3-4-10-32-34-19-27(16-25(33(36)37)15-24-17-30-31(42-22-41-30)18-29(24)38-2)35(32)26-11-13-28(14-12-26)40-21-39-20-23-8-6-5-7-9-23/h5-9,11-14,16-19H,3-4,10,15,20-22H2,1-2H3,(H,36,37)/b25-16+. The van der Waals surface area contributed by atoms with Crippen molar-refractivity contribution in [3.63, 3.8) is 0 Å². The number of nitrogens with zero attached hydrogens (tertiary/aromatic N) is 2. The Bertz CT molecular complexity index is 1530. The van der Waals surface area contributed by atoms with Crippen LogP contribution in [0, 0.1) is 0 Å². The van der Waals surface area contributed by atoms with Gasteiger partial charge in [0.2, 0.25) is 6.79 Å². The lowest BCUT2D eigenvalue weighted by atomic mass is 10.0. The van der Waals surface area contributed by atoms with Crippen molar-refractivity contribution in [3.05, 3.63) is 101 Å². The van der Waals surface area contributed by atoms with Gasteiger partial charge in [-0.1, -0.05) is 43.7 Å². The molecule has 5 rings (SSSR count). The van der Waals surface area contributed by atoms with E-state index in [4.69, 9.17) is 23.7 Å². The van der Waals surface area contributed by atoms with E-state index in [0.29, 0.717) is 40.9 Å². The van der Waals surface area contributed by atoms with Gasteiger partial charge in [-0.25, -0.2) is 9.78 Å². The molecule has 0 saturated carbocycles. The number of imidazole rings is 1. The second-order valence-corrected chi connectivity index (χ2v) is 9.80. The summed E-state index contributed by atoms with van der Waals surface area (Å²) in [4.78, 5) is 17.1. The lowest BCUT2D eigenvalue weighted by molar-refractivity contribution is -0.132. The summed E-state index contributed by atoms with van der Waals surface area (Å²) in [5, 5.41) is 10.2. The molecule has 3 aromatic carbocycles. The van der Waals surface area contributed by atoms with Gasteiger partial charge in [0.1, 0.15) is 17.3 Å². The fourth-order valence-corrected chi connectivity index (χ4v) is 4.72. The van der Waals surface area contributed by atoms with Crippen LogP contribution in [0.15, 0.2) is 78.5 Å². The minimum atomic E-state index is -1.03. The second kappa shape index (κ2) is 13.7. The number of fused-ring (bicyclic) bond motifs is 1. The average Bonchev–Trinajstić information content (AvgIpc) is 3.64. The molecule has 1 N–H and O–H groups in total. The van der Waals surface area contributed by atoms with E-state index in [2.05, 4.69) is 11.9 Å². The van der Waals surface area contributed by atoms with E-state index in [-0.39, 0.29) is 25.6 Å². The van der Waals surface area contributed by atoms with Crippen molar-refractivity contribution in [2.75, 3.05) is 20.7 Å². The molecule has 42 heavy (non-hydrogen) atoms. The Kier molecular flexibility index (Phi) is 9.41. The predicted octanol–water partition coefficient (Wildman–Crippen LogP) is 6.22. The third kappa shape index (κ3) is 6.92. The highest BCUT2D eigenvalue weighted by molar-refractivity contribution is 5.92. The number of hydrogen-bond acceptors (Lipinski definition) is 7. The number of aliphatic carboxylic acids is 1. The van der Waals surface area contributed by atoms with Crippen LogP contribution in [-0.4, -0.2) is 41.3 Å². The molecule has 4 aromatic rings. The van der Waals surface area contributed by atoms with Crippen LogP contribution in [0.2, 0.25) is 0 Å². The minimum absolute atomic E-state index is 0.119. The number of ether oxygens (including phenoxy) is 5. The molecule has 0 spiro atoms. The van der Waals surface area contributed by atoms with E-state index in [0.717, 1.165) is 36.3 Å². The summed E-state index contributed by atoms with van der Waals surface area (Å²) >= 11 is 0. The molecule has 9 nitrogen and oxygen atoms in total. The number of unbranched alkanes of at least 4 members (excludes halogenated alkanes) is 1. The predicted molar refractivity (Wildman–Crippen MR) is 157 cm³/mol. The van der Waals surface area contributed by atoms with Crippen molar-refractivity contribution < 1.29 is 33.6 Å². The highest BCUT2D eigenvalue weighted by Crippen LogP contribution is 2.39. The molecule has 0 atom stereocenters. The number of aryl methyl sites for hydroxylation is 1. The van der Waals surface area contributed by atoms with Crippen LogP contribution >= 0.6 is 0 Å². The summed E-state index contributed by atoms with van der Waals surface area (Å²) < 4.78 is 29.9. The van der Waals surface area contributed by atoms with Crippen LogP contribution < -0.4 is 18.9 Å². The SMILES string of the molecule is CCCCc1ncc(/C=C(\Cc2cc3c(cc2OC)OCO3)C(=O)O)n1-c1ccc(OCOCc2ccccc2)cc1. The summed E-state index contributed by atoms with van der Waals surface area (Å²) in [7, 11) is 1.54. The Morgan fingerprint density at radius 3 is 2.55 bits per heavy atom. The molecule has 1 aliphatic heterocycles. The van der Waals surface area contributed by atoms with Gasteiger partial charge in [0.25, 0.3) is 0 Å². The van der Waals surface area contributed by atoms with Gasteiger partial charge in [-0.3, -0.25) is 4.57 Å². The molecular formula is C33H34N2O7. The lowest BCUT2D eigenvalue weighted by Gasteiger charge is -2.13. The number of methoxy groups -OCH3 is 1. The van der Waals surface area contributed by atoms with Crippen LogP contribution in [0.1, 0.15) is 42.4 Å². The summed E-state index contributed by atoms with van der Waals surface area (Å²) in [5.74, 6) is 2.16. The first-order chi connectivity index (χ1) is 20.6. The topological polar surface area (TPSA) is 101 Å². The number of aromatic nitrogens is 2. The smallest absolute Gasteiger partial charge is 0.331 e. The zero-order chi connectivity index (χ0) is 29.3. The Labute approximate surface area is 244 Å². The van der Waals surface area contributed by atoms with Crippen molar-refractivity contribution in [2.24, 2.45) is 0 Å². The van der Waals surface area contributed by atoms with Gasteiger partial charge in [-0.2, -0.15) is 0 Å². The molecule has 2 heterocycles. The fraction of sp³-hybridized carbons (Fsp3) is 0.273. The third-order valence-electron chi connectivity index (χ3n) is 6.88. The molecule has 0 radical (unpaired) electrons. The van der Waals surface area contributed by atoms with E-state index in [9.17, 15) is 9.90 Å². The first kappa shape index (κ1) is 28.8. The van der Waals surface area contributed by atoms with Crippen molar-refractivity contribution in [1.29, 1.82) is 0 Å². The molecule has 1 aliphatic rings. The fourth-order valence-electron chi connectivity index (χ4n) is 4.72. The van der Waals surface area contributed by atoms with E-state index in [1.54, 1.807) is 31.5 Å². The molecule has 0 bridgehead atoms. The van der Waals surface area contributed by atoms with Gasteiger partial charge in [0.15, 0.2) is 18.3 Å². The average molecular weight is 571 g/mol. The summed E-state index contributed by atoms with van der Waals surface area (Å²) in [5.41, 5.74) is 3.47. The third-order valence-corrected chi connectivity index (χ3v) is 6.88. The van der Waals surface area contributed by atoms with Gasteiger partial charge in [-0.05, 0) is 48.4 Å². The van der Waals surface area contributed by atoms with E-state index < -0.39 is 5.97 Å². The van der Waals surface area contributed by atoms with Crippen molar-refractivity contribution in [2.45, 2.75) is 39.2 Å². The Morgan fingerprint density at radius 1 is 1.07 bits per heavy atom. The number of rotatable bonds is 14. The first-order valence-electron chi connectivity index (χ1n) is 13.9. The van der Waals surface area contributed by atoms with Gasteiger partial charge in [0.05, 0.1) is 25.6 Å². The number of carboxylic acid groups (broad SMARTS) is 1. The van der Waals surface area contributed by atoms with Gasteiger partial charge < -0.3 is 28.8 Å². The maximum atomic E-state index is 12.4. The molecule has 0 saturated heterocycles. The highest BCUT2D eigenvalue weighted by Gasteiger charge is 2.21. The van der Waals surface area contributed by atoms with Crippen molar-refractivity contribution in [1.82, 2.24) is 9.55 Å². The molecular weight excluding hydrogens is 536 g/mol. The number of benzene rings is 3. The van der Waals surface area contributed by atoms with E-state index in [1.807, 2.05) is 59.2 Å². The summed E-state index contributed by atoms with van der Waals surface area (Å²) in [6, 6.07) is 21.0. The number of carbonyl (C=O) groups is 1. The monoisotopic (exact) mass is 570 g/mol. The van der Waals surface area contributed by atoms with Crippen LogP contribution in [0.25, 0.3) is 11.8 Å². The maximum Gasteiger partial charge on any atom is 0.331 e. The van der Waals surface area contributed by atoms with E-state index in [1.165, 1.54) is 0 Å². The molecule has 0 amide bonds. The molecule has 0 fully saturated rings. The van der Waals surface area contributed by atoms with Gasteiger partial charge in [0, 0.05) is 35.7 Å². The second-order valence-electron chi connectivity index (χ2n) is 9.80. The highest BCUT2D eigenvalue weighted by atomic mass is 16.7. The minimum Gasteiger partial charge on any atom is -0.496 e. The Morgan fingerprint density at radius 2 is 1.83 bits per heavy atom. The maximum absolute atomic E-state index is 12.4. The van der Waals surface area contributed by atoms with E-state index >= 15 is 0 Å². The van der Waals surface area contributed by atoms with Crippen LogP contribution in [0.3, 0.4) is 0 Å². The van der Waals surface area contributed by atoms with Crippen LogP contribution in [0.5, 0.6) is 23.0 Å². The Hall–Kier alpha value is -4.76. The Balaban J connectivity index is 1.37.